The van der Waals surface area contributed by atoms with Gasteiger partial charge in [0.25, 0.3) is 11.2 Å². The maximum Gasteiger partial charge on any atom is 0.326 e. The van der Waals surface area contributed by atoms with Crippen LogP contribution < -0.4 is 10.9 Å². The Morgan fingerprint density at radius 3 is 2.55 bits per heavy atom. The van der Waals surface area contributed by atoms with Crippen LogP contribution in [0.2, 0.25) is 0 Å². The van der Waals surface area contributed by atoms with E-state index in [9.17, 15) is 24.5 Å². The summed E-state index contributed by atoms with van der Waals surface area (Å²) in [6.07, 6.45) is 1.19. The molecule has 1 aromatic rings. The Labute approximate surface area is 125 Å². The molecule has 0 fully saturated rings. The zero-order valence-corrected chi connectivity index (χ0v) is 12.2. The maximum atomic E-state index is 11.8. The van der Waals surface area contributed by atoms with E-state index in [2.05, 4.69) is 5.32 Å². The van der Waals surface area contributed by atoms with E-state index >= 15 is 0 Å². The molecule has 0 saturated carbocycles. The Hall–Kier alpha value is -2.71. The van der Waals surface area contributed by atoms with Crippen molar-refractivity contribution < 1.29 is 19.6 Å². The van der Waals surface area contributed by atoms with Crippen LogP contribution in [0.25, 0.3) is 0 Å². The molecule has 1 amide bonds. The fourth-order valence-electron chi connectivity index (χ4n) is 1.84. The van der Waals surface area contributed by atoms with Gasteiger partial charge in [-0.3, -0.25) is 24.3 Å². The highest BCUT2D eigenvalue weighted by Crippen LogP contribution is 2.07. The number of aromatic nitrogens is 1. The minimum absolute atomic E-state index is 0.0573. The van der Waals surface area contributed by atoms with E-state index in [1.165, 1.54) is 0 Å². The molecule has 1 unspecified atom stereocenters. The number of nitrogens with one attached hydrogen (secondary N) is 1. The molecule has 1 aromatic heterocycles. The molecule has 22 heavy (non-hydrogen) atoms. The second-order valence-electron chi connectivity index (χ2n) is 5.20. The molecule has 120 valence electrons. The fourth-order valence-corrected chi connectivity index (χ4v) is 1.84. The van der Waals surface area contributed by atoms with Crippen LogP contribution in [0.5, 0.6) is 0 Å². The molecular weight excluding hydrogens is 294 g/mol. The number of carbonyl (C=O) groups excluding carboxylic acids is 1. The number of hydrogen-bond acceptors (Lipinski definition) is 5. The van der Waals surface area contributed by atoms with Gasteiger partial charge in [0.1, 0.15) is 12.6 Å². The molecule has 1 atom stereocenters. The molecule has 9 heteroatoms. The van der Waals surface area contributed by atoms with Gasteiger partial charge < -0.3 is 10.4 Å². The average Bonchev–Trinajstić information content (AvgIpc) is 2.39. The van der Waals surface area contributed by atoms with Crippen LogP contribution in [0.3, 0.4) is 0 Å². The van der Waals surface area contributed by atoms with Gasteiger partial charge in [-0.05, 0) is 12.3 Å². The first-order chi connectivity index (χ1) is 10.2. The van der Waals surface area contributed by atoms with E-state index in [0.29, 0.717) is 0 Å². The molecule has 9 nitrogen and oxygen atoms in total. The smallest absolute Gasteiger partial charge is 0.326 e. The van der Waals surface area contributed by atoms with Gasteiger partial charge in [-0.25, -0.2) is 4.79 Å². The average molecular weight is 311 g/mol. The van der Waals surface area contributed by atoms with Gasteiger partial charge >= 0.3 is 5.97 Å². The maximum absolute atomic E-state index is 11.8. The van der Waals surface area contributed by atoms with E-state index < -0.39 is 34.9 Å². The van der Waals surface area contributed by atoms with E-state index in [-0.39, 0.29) is 18.0 Å². The van der Waals surface area contributed by atoms with Gasteiger partial charge in [0.15, 0.2) is 0 Å². The molecule has 0 aliphatic heterocycles. The van der Waals surface area contributed by atoms with Crippen molar-refractivity contribution in [2.24, 2.45) is 5.92 Å². The third-order valence-electron chi connectivity index (χ3n) is 2.83. The molecule has 0 aliphatic carbocycles. The number of carboxylic acids is 1. The van der Waals surface area contributed by atoms with E-state index in [4.69, 9.17) is 5.11 Å². The summed E-state index contributed by atoms with van der Waals surface area (Å²) >= 11 is 0. The molecule has 0 radical (unpaired) electrons. The minimum atomic E-state index is -1.17. The number of carboxylic acid groups (broad SMARTS) is 1. The van der Waals surface area contributed by atoms with Crippen molar-refractivity contribution in [3.8, 4) is 0 Å². The standard InChI is InChI=1S/C13H17N3O6/c1-8(2)5-10(13(19)20)14-11(17)7-15-6-9(16(21)22)3-4-12(15)18/h3-4,6,8,10H,5,7H2,1-2H3,(H,14,17)(H,19,20). The Kier molecular flexibility index (Phi) is 5.79. The largest absolute Gasteiger partial charge is 0.480 e. The summed E-state index contributed by atoms with van der Waals surface area (Å²) in [7, 11) is 0. The highest BCUT2D eigenvalue weighted by atomic mass is 16.6. The van der Waals surface area contributed by atoms with Crippen molar-refractivity contribution in [2.45, 2.75) is 32.9 Å². The van der Waals surface area contributed by atoms with Crippen LogP contribution in [0.1, 0.15) is 20.3 Å². The Bertz CT molecular complexity index is 637. The number of hydrogen-bond donors (Lipinski definition) is 2. The molecule has 0 spiro atoms. The van der Waals surface area contributed by atoms with Gasteiger partial charge in [-0.2, -0.15) is 0 Å². The predicted octanol–water partition coefficient (Wildman–Crippen LogP) is 0.372. The molecule has 0 aromatic carbocycles. The van der Waals surface area contributed by atoms with Crippen LogP contribution >= 0.6 is 0 Å². The monoisotopic (exact) mass is 311 g/mol. The summed E-state index contributed by atoms with van der Waals surface area (Å²) in [5.74, 6) is -1.81. The van der Waals surface area contributed by atoms with Crippen molar-refractivity contribution in [1.82, 2.24) is 9.88 Å². The number of rotatable bonds is 7. The molecule has 0 saturated heterocycles. The van der Waals surface area contributed by atoms with Crippen molar-refractivity contribution in [2.75, 3.05) is 0 Å². The summed E-state index contributed by atoms with van der Waals surface area (Å²) in [5.41, 5.74) is -0.916. The highest BCUT2D eigenvalue weighted by molar-refractivity contribution is 5.83. The normalized spacial score (nSPS) is 12.0. The lowest BCUT2D eigenvalue weighted by atomic mass is 10.0. The summed E-state index contributed by atoms with van der Waals surface area (Å²) in [6, 6.07) is 0.950. The third-order valence-corrected chi connectivity index (χ3v) is 2.83. The molecule has 0 bridgehead atoms. The lowest BCUT2D eigenvalue weighted by Crippen LogP contribution is -2.43. The summed E-state index contributed by atoms with van der Waals surface area (Å²) in [6.45, 7) is 3.14. The summed E-state index contributed by atoms with van der Waals surface area (Å²) in [4.78, 5) is 44.4. The number of aliphatic carboxylic acids is 1. The van der Waals surface area contributed by atoms with Crippen LogP contribution in [0, 0.1) is 16.0 Å². The van der Waals surface area contributed by atoms with Crippen molar-refractivity contribution in [3.05, 3.63) is 38.8 Å². The Morgan fingerprint density at radius 1 is 1.41 bits per heavy atom. The number of nitrogens with zero attached hydrogens (tertiary/aromatic N) is 2. The first kappa shape index (κ1) is 17.3. The van der Waals surface area contributed by atoms with Crippen molar-refractivity contribution in [3.63, 3.8) is 0 Å². The van der Waals surface area contributed by atoms with Gasteiger partial charge in [0.2, 0.25) is 5.91 Å². The van der Waals surface area contributed by atoms with Crippen LogP contribution in [0.4, 0.5) is 5.69 Å². The number of carbonyl (C=O) groups is 2. The van der Waals surface area contributed by atoms with Gasteiger partial charge in [0, 0.05) is 12.1 Å². The fraction of sp³-hybridized carbons (Fsp3) is 0.462. The van der Waals surface area contributed by atoms with Crippen molar-refractivity contribution >= 4 is 17.6 Å². The van der Waals surface area contributed by atoms with Gasteiger partial charge in [-0.1, -0.05) is 13.8 Å². The molecular formula is C13H17N3O6. The quantitative estimate of drug-likeness (QED) is 0.552. The molecule has 2 N–H and O–H groups in total. The SMILES string of the molecule is CC(C)CC(NC(=O)Cn1cc([N+](=O)[O-])ccc1=O)C(=O)O. The third kappa shape index (κ3) is 5.00. The van der Waals surface area contributed by atoms with Crippen LogP contribution in [0.15, 0.2) is 23.1 Å². The molecule has 0 aliphatic rings. The van der Waals surface area contributed by atoms with E-state index in [1.807, 2.05) is 13.8 Å². The summed E-state index contributed by atoms with van der Waals surface area (Å²) in [5, 5.41) is 22.0. The van der Waals surface area contributed by atoms with Crippen molar-refractivity contribution in [1.29, 1.82) is 0 Å². The second-order valence-corrected chi connectivity index (χ2v) is 5.20. The Morgan fingerprint density at radius 2 is 2.05 bits per heavy atom. The zero-order valence-electron chi connectivity index (χ0n) is 12.2. The number of nitro groups is 1. The summed E-state index contributed by atoms with van der Waals surface area (Å²) < 4.78 is 0.863. The molecule has 1 heterocycles. The number of pyridine rings is 1. The second kappa shape index (κ2) is 7.34. The molecule has 1 rings (SSSR count). The van der Waals surface area contributed by atoms with E-state index in [1.54, 1.807) is 0 Å². The lowest BCUT2D eigenvalue weighted by Gasteiger charge is -2.16. The van der Waals surface area contributed by atoms with Crippen LogP contribution in [-0.4, -0.2) is 32.5 Å². The first-order valence-electron chi connectivity index (χ1n) is 6.57. The highest BCUT2D eigenvalue weighted by Gasteiger charge is 2.21. The van der Waals surface area contributed by atoms with Crippen LogP contribution in [-0.2, 0) is 16.1 Å². The number of amides is 1. The van der Waals surface area contributed by atoms with Gasteiger partial charge in [-0.15, -0.1) is 0 Å². The Balaban J connectivity index is 2.84. The van der Waals surface area contributed by atoms with Gasteiger partial charge in [0.05, 0.1) is 11.1 Å². The predicted molar refractivity (Wildman–Crippen MR) is 76.4 cm³/mol. The topological polar surface area (TPSA) is 132 Å². The zero-order chi connectivity index (χ0) is 16.9. The van der Waals surface area contributed by atoms with E-state index in [0.717, 1.165) is 22.9 Å². The first-order valence-corrected chi connectivity index (χ1v) is 6.57. The lowest BCUT2D eigenvalue weighted by molar-refractivity contribution is -0.385. The minimum Gasteiger partial charge on any atom is -0.480 e.